The maximum Gasteiger partial charge on any atom is 0.267 e. The normalized spacial score (nSPS) is 10.6. The molecule has 0 aliphatic heterocycles. The van der Waals surface area contributed by atoms with Gasteiger partial charge in [0.1, 0.15) is 0 Å². The van der Waals surface area contributed by atoms with Gasteiger partial charge in [-0.15, -0.1) is 16.4 Å². The molecule has 0 saturated carbocycles. The third kappa shape index (κ3) is 4.15. The van der Waals surface area contributed by atoms with E-state index in [-0.39, 0.29) is 5.56 Å². The number of hydrogen-bond acceptors (Lipinski definition) is 5. The molecule has 2 heterocycles. The summed E-state index contributed by atoms with van der Waals surface area (Å²) >= 11 is 5.11. The van der Waals surface area contributed by atoms with Crippen LogP contribution in [0.1, 0.15) is 4.88 Å². The lowest BCUT2D eigenvalue weighted by molar-refractivity contribution is 0.374. The van der Waals surface area contributed by atoms with Crippen LogP contribution in [-0.4, -0.2) is 23.4 Å². The molecule has 0 aliphatic rings. The first kappa shape index (κ1) is 14.2. The van der Waals surface area contributed by atoms with Gasteiger partial charge < -0.3 is 10.1 Å². The van der Waals surface area contributed by atoms with Gasteiger partial charge in [0, 0.05) is 40.0 Å². The monoisotopic (exact) mass is 343 g/mol. The molecule has 0 saturated heterocycles. The number of ether oxygens (including phenoxy) is 1. The van der Waals surface area contributed by atoms with Crippen LogP contribution in [0.5, 0.6) is 5.88 Å². The zero-order valence-electron chi connectivity index (χ0n) is 10.4. The lowest BCUT2D eigenvalue weighted by Gasteiger charge is -2.06. The van der Waals surface area contributed by atoms with E-state index in [4.69, 9.17) is 4.74 Å². The molecule has 0 bridgehead atoms. The van der Waals surface area contributed by atoms with Gasteiger partial charge in [0.15, 0.2) is 0 Å². The van der Waals surface area contributed by atoms with Crippen molar-refractivity contribution < 1.29 is 4.74 Å². The first-order valence-corrected chi connectivity index (χ1v) is 7.42. The zero-order valence-corrected chi connectivity index (χ0v) is 12.8. The maximum atomic E-state index is 11.6. The van der Waals surface area contributed by atoms with Crippen molar-refractivity contribution in [3.05, 3.63) is 43.3 Å². The van der Waals surface area contributed by atoms with Gasteiger partial charge in [0.2, 0.25) is 5.88 Å². The third-order valence-electron chi connectivity index (χ3n) is 2.47. The van der Waals surface area contributed by atoms with Gasteiger partial charge in [-0.3, -0.25) is 4.79 Å². The van der Waals surface area contributed by atoms with Crippen LogP contribution in [0.2, 0.25) is 0 Å². The number of nitrogens with zero attached hydrogens (tertiary/aromatic N) is 2. The molecule has 0 atom stereocenters. The van der Waals surface area contributed by atoms with Crippen molar-refractivity contribution in [3.63, 3.8) is 0 Å². The summed E-state index contributed by atoms with van der Waals surface area (Å²) < 4.78 is 7.49. The second-order valence-corrected chi connectivity index (χ2v) is 5.76. The van der Waals surface area contributed by atoms with Crippen LogP contribution in [0.4, 0.5) is 0 Å². The maximum absolute atomic E-state index is 11.6. The number of methoxy groups -OCH3 is 1. The van der Waals surface area contributed by atoms with E-state index in [1.165, 1.54) is 22.7 Å². The molecule has 0 radical (unpaired) electrons. The van der Waals surface area contributed by atoms with E-state index in [2.05, 4.69) is 32.4 Å². The largest absolute Gasteiger partial charge is 0.480 e. The second-order valence-electron chi connectivity index (χ2n) is 3.85. The van der Waals surface area contributed by atoms with Gasteiger partial charge in [-0.2, -0.15) is 0 Å². The standard InChI is InChI=1S/C12H14BrN3O2S/c1-18-11-2-3-12(17)16(15-11)5-4-14-7-10-6-9(13)8-19-10/h2-3,6,8,14H,4-5,7H2,1H3. The summed E-state index contributed by atoms with van der Waals surface area (Å²) in [5.74, 6) is 0.446. The Balaban J connectivity index is 1.84. The molecule has 2 rings (SSSR count). The molecule has 102 valence electrons. The average molecular weight is 344 g/mol. The Morgan fingerprint density at radius 1 is 1.53 bits per heavy atom. The van der Waals surface area contributed by atoms with Crippen LogP contribution < -0.4 is 15.6 Å². The molecule has 0 fully saturated rings. The lowest BCUT2D eigenvalue weighted by Crippen LogP contribution is -2.28. The quantitative estimate of drug-likeness (QED) is 0.813. The number of thiophene rings is 1. The van der Waals surface area contributed by atoms with Crippen molar-refractivity contribution in [1.29, 1.82) is 0 Å². The predicted molar refractivity (Wildman–Crippen MR) is 78.8 cm³/mol. The van der Waals surface area contributed by atoms with E-state index in [0.717, 1.165) is 11.0 Å². The molecule has 0 aromatic carbocycles. The van der Waals surface area contributed by atoms with Crippen molar-refractivity contribution in [2.75, 3.05) is 13.7 Å². The summed E-state index contributed by atoms with van der Waals surface area (Å²) in [6, 6.07) is 5.10. The molecular formula is C12H14BrN3O2S. The Morgan fingerprint density at radius 3 is 3.05 bits per heavy atom. The molecule has 1 N–H and O–H groups in total. The molecular weight excluding hydrogens is 330 g/mol. The number of aromatic nitrogens is 2. The van der Waals surface area contributed by atoms with E-state index < -0.39 is 0 Å². The van der Waals surface area contributed by atoms with Gasteiger partial charge in [0.05, 0.1) is 13.7 Å². The van der Waals surface area contributed by atoms with Crippen molar-refractivity contribution >= 4 is 27.3 Å². The zero-order chi connectivity index (χ0) is 13.7. The Morgan fingerprint density at radius 2 is 2.37 bits per heavy atom. The van der Waals surface area contributed by atoms with Crippen LogP contribution in [0, 0.1) is 0 Å². The molecule has 2 aromatic heterocycles. The van der Waals surface area contributed by atoms with Crippen molar-refractivity contribution in [2.45, 2.75) is 13.1 Å². The minimum Gasteiger partial charge on any atom is -0.480 e. The molecule has 2 aromatic rings. The fourth-order valence-electron chi connectivity index (χ4n) is 1.54. The predicted octanol–water partition coefficient (Wildman–Crippen LogP) is 1.87. The molecule has 0 amide bonds. The van der Waals surface area contributed by atoms with Crippen LogP contribution in [0.15, 0.2) is 32.8 Å². The number of nitrogens with one attached hydrogen (secondary N) is 1. The molecule has 5 nitrogen and oxygen atoms in total. The van der Waals surface area contributed by atoms with Crippen LogP contribution in [0.25, 0.3) is 0 Å². The first-order chi connectivity index (χ1) is 9.19. The molecule has 0 aliphatic carbocycles. The summed E-state index contributed by atoms with van der Waals surface area (Å²) in [7, 11) is 1.53. The molecule has 7 heteroatoms. The summed E-state index contributed by atoms with van der Waals surface area (Å²) in [6.07, 6.45) is 0. The fraction of sp³-hybridized carbons (Fsp3) is 0.333. The Hall–Kier alpha value is -1.18. The number of hydrogen-bond donors (Lipinski definition) is 1. The van der Waals surface area contributed by atoms with Gasteiger partial charge >= 0.3 is 0 Å². The van der Waals surface area contributed by atoms with Crippen LogP contribution in [0.3, 0.4) is 0 Å². The Bertz CT molecular complexity index is 597. The van der Waals surface area contributed by atoms with E-state index in [1.807, 2.05) is 5.38 Å². The Labute approximate surface area is 123 Å². The minimum atomic E-state index is -0.124. The summed E-state index contributed by atoms with van der Waals surface area (Å²) in [5, 5.41) is 9.40. The molecule has 0 spiro atoms. The van der Waals surface area contributed by atoms with Gasteiger partial charge in [0.25, 0.3) is 5.56 Å². The van der Waals surface area contributed by atoms with Crippen molar-refractivity contribution in [1.82, 2.24) is 15.1 Å². The van der Waals surface area contributed by atoms with Gasteiger partial charge in [-0.25, -0.2) is 4.68 Å². The topological polar surface area (TPSA) is 56.1 Å². The van der Waals surface area contributed by atoms with Crippen molar-refractivity contribution in [3.8, 4) is 5.88 Å². The van der Waals surface area contributed by atoms with Gasteiger partial charge in [-0.05, 0) is 22.0 Å². The summed E-state index contributed by atoms with van der Waals surface area (Å²) in [5.41, 5.74) is -0.124. The highest BCUT2D eigenvalue weighted by molar-refractivity contribution is 9.10. The fourth-order valence-corrected chi connectivity index (χ4v) is 2.96. The van der Waals surface area contributed by atoms with Gasteiger partial charge in [-0.1, -0.05) is 0 Å². The highest BCUT2D eigenvalue weighted by atomic mass is 79.9. The highest BCUT2D eigenvalue weighted by Gasteiger charge is 2.01. The SMILES string of the molecule is COc1ccc(=O)n(CCNCc2cc(Br)cs2)n1. The van der Waals surface area contributed by atoms with Crippen LogP contribution >= 0.6 is 27.3 Å². The Kier molecular flexibility index (Phi) is 5.12. The van der Waals surface area contributed by atoms with Crippen molar-refractivity contribution in [2.24, 2.45) is 0 Å². The summed E-state index contributed by atoms with van der Waals surface area (Å²) in [4.78, 5) is 12.8. The highest BCUT2D eigenvalue weighted by Crippen LogP contribution is 2.19. The number of halogens is 1. The average Bonchev–Trinajstić information content (AvgIpc) is 2.82. The lowest BCUT2D eigenvalue weighted by atomic mass is 10.4. The van der Waals surface area contributed by atoms with Crippen LogP contribution in [-0.2, 0) is 13.1 Å². The number of rotatable bonds is 6. The van der Waals surface area contributed by atoms with E-state index in [9.17, 15) is 4.79 Å². The second kappa shape index (κ2) is 6.83. The molecule has 0 unspecified atom stereocenters. The minimum absolute atomic E-state index is 0.124. The van der Waals surface area contributed by atoms with E-state index in [1.54, 1.807) is 17.4 Å². The summed E-state index contributed by atoms with van der Waals surface area (Å²) in [6.45, 7) is 1.98. The van der Waals surface area contributed by atoms with E-state index >= 15 is 0 Å². The van der Waals surface area contributed by atoms with E-state index in [0.29, 0.717) is 19.0 Å². The first-order valence-electron chi connectivity index (χ1n) is 5.75. The third-order valence-corrected chi connectivity index (χ3v) is 4.17. The molecule has 19 heavy (non-hydrogen) atoms. The smallest absolute Gasteiger partial charge is 0.267 e.